The van der Waals surface area contributed by atoms with E-state index in [9.17, 15) is 8.42 Å². The number of hydrogen-bond acceptors (Lipinski definition) is 4. The first-order chi connectivity index (χ1) is 11.8. The lowest BCUT2D eigenvalue weighted by molar-refractivity contribution is 0.385. The number of nitrogens with zero attached hydrogens (tertiary/aromatic N) is 3. The van der Waals surface area contributed by atoms with Gasteiger partial charge < -0.3 is 4.90 Å². The van der Waals surface area contributed by atoms with Crippen LogP contribution in [0.3, 0.4) is 0 Å². The summed E-state index contributed by atoms with van der Waals surface area (Å²) in [6, 6.07) is 4.29. The molecular formula is C15H13Cl4N3O2S. The smallest absolute Gasteiger partial charge is 0.243 e. The third-order valence-corrected chi connectivity index (χ3v) is 7.10. The lowest BCUT2D eigenvalue weighted by Gasteiger charge is -2.36. The first-order valence-corrected chi connectivity index (χ1v) is 10.2. The maximum absolute atomic E-state index is 12.8. The van der Waals surface area contributed by atoms with Crippen molar-refractivity contribution in [1.82, 2.24) is 9.29 Å². The molecule has 0 saturated carbocycles. The molecule has 2 aromatic rings. The van der Waals surface area contributed by atoms with E-state index in [1.807, 2.05) is 4.90 Å². The van der Waals surface area contributed by atoms with Crippen LogP contribution in [0.25, 0.3) is 0 Å². The van der Waals surface area contributed by atoms with E-state index in [1.54, 1.807) is 0 Å². The third-order valence-electron chi connectivity index (χ3n) is 3.91. The molecule has 1 aliphatic rings. The summed E-state index contributed by atoms with van der Waals surface area (Å²) in [6.45, 7) is 1.53. The molecule has 1 aliphatic heterocycles. The van der Waals surface area contributed by atoms with Crippen LogP contribution in [0, 0.1) is 0 Å². The van der Waals surface area contributed by atoms with Crippen LogP contribution in [0.15, 0.2) is 35.5 Å². The number of hydrogen-bond donors (Lipinski definition) is 0. The summed E-state index contributed by atoms with van der Waals surface area (Å²) in [6.07, 6.45) is 3.03. The van der Waals surface area contributed by atoms with E-state index in [2.05, 4.69) is 4.98 Å². The van der Waals surface area contributed by atoms with Gasteiger partial charge in [-0.25, -0.2) is 8.42 Å². The van der Waals surface area contributed by atoms with Gasteiger partial charge in [-0.1, -0.05) is 46.4 Å². The second-order valence-electron chi connectivity index (χ2n) is 5.42. The zero-order chi connectivity index (χ0) is 18.2. The van der Waals surface area contributed by atoms with Gasteiger partial charge in [-0.05, 0) is 18.2 Å². The van der Waals surface area contributed by atoms with Crippen LogP contribution in [0.2, 0.25) is 20.1 Å². The molecule has 0 amide bonds. The standard InChI is InChI=1S/C15H13Cl4N3O2S/c16-11-2-1-10(7-12(11)17)25(23,24)22-5-3-21(4-6-22)15-13(18)8-20-9-14(15)19/h1-2,7-9H,3-6H2. The molecule has 0 bridgehead atoms. The minimum absolute atomic E-state index is 0.121. The van der Waals surface area contributed by atoms with E-state index < -0.39 is 10.0 Å². The van der Waals surface area contributed by atoms with Crippen LogP contribution in [0.1, 0.15) is 0 Å². The van der Waals surface area contributed by atoms with Gasteiger partial charge in [-0.15, -0.1) is 0 Å². The Hall–Kier alpha value is -0.760. The number of anilines is 1. The molecule has 5 nitrogen and oxygen atoms in total. The number of piperazine rings is 1. The van der Waals surface area contributed by atoms with Crippen LogP contribution in [0.4, 0.5) is 5.69 Å². The van der Waals surface area contributed by atoms with Crippen molar-refractivity contribution in [2.45, 2.75) is 4.90 Å². The molecule has 10 heteroatoms. The zero-order valence-corrected chi connectivity index (χ0v) is 16.6. The Balaban J connectivity index is 1.78. The van der Waals surface area contributed by atoms with E-state index in [0.29, 0.717) is 46.9 Å². The van der Waals surface area contributed by atoms with E-state index in [-0.39, 0.29) is 9.92 Å². The predicted octanol–water partition coefficient (Wildman–Crippen LogP) is 4.21. The largest absolute Gasteiger partial charge is 0.366 e. The van der Waals surface area contributed by atoms with Gasteiger partial charge >= 0.3 is 0 Å². The topological polar surface area (TPSA) is 53.5 Å². The fraction of sp³-hybridized carbons (Fsp3) is 0.267. The molecule has 0 unspecified atom stereocenters. The molecule has 2 heterocycles. The lowest BCUT2D eigenvalue weighted by Crippen LogP contribution is -2.48. The maximum atomic E-state index is 12.8. The molecule has 1 aromatic heterocycles. The summed E-state index contributed by atoms with van der Waals surface area (Å²) >= 11 is 24.1. The molecule has 0 N–H and O–H groups in total. The minimum Gasteiger partial charge on any atom is -0.366 e. The van der Waals surface area contributed by atoms with Crippen molar-refractivity contribution >= 4 is 62.1 Å². The van der Waals surface area contributed by atoms with E-state index in [4.69, 9.17) is 46.4 Å². The minimum atomic E-state index is -3.64. The van der Waals surface area contributed by atoms with Gasteiger partial charge in [-0.3, -0.25) is 4.98 Å². The first kappa shape index (κ1) is 19.0. The van der Waals surface area contributed by atoms with Crippen molar-refractivity contribution in [2.24, 2.45) is 0 Å². The van der Waals surface area contributed by atoms with Crippen LogP contribution in [-0.2, 0) is 10.0 Å². The Bertz CT molecular complexity index is 879. The highest BCUT2D eigenvalue weighted by Gasteiger charge is 2.30. The molecule has 0 aliphatic carbocycles. The maximum Gasteiger partial charge on any atom is 0.243 e. The average molecular weight is 441 g/mol. The number of aromatic nitrogens is 1. The number of rotatable bonds is 3. The van der Waals surface area contributed by atoms with Gasteiger partial charge in [0, 0.05) is 38.6 Å². The number of benzene rings is 1. The first-order valence-electron chi connectivity index (χ1n) is 7.30. The quantitative estimate of drug-likeness (QED) is 0.717. The summed E-state index contributed by atoms with van der Waals surface area (Å²) in [4.78, 5) is 6.00. The van der Waals surface area contributed by atoms with E-state index in [1.165, 1.54) is 34.9 Å². The molecule has 1 aromatic carbocycles. The van der Waals surface area contributed by atoms with Crippen molar-refractivity contribution < 1.29 is 8.42 Å². The normalized spacial score (nSPS) is 16.2. The zero-order valence-electron chi connectivity index (χ0n) is 12.8. The highest BCUT2D eigenvalue weighted by molar-refractivity contribution is 7.89. The molecule has 1 fully saturated rings. The summed E-state index contributed by atoms with van der Waals surface area (Å²) in [7, 11) is -3.64. The van der Waals surface area contributed by atoms with Gasteiger partial charge in [0.05, 0.1) is 30.7 Å². The van der Waals surface area contributed by atoms with Gasteiger partial charge in [0.25, 0.3) is 0 Å². The Morgan fingerprint density at radius 1 is 0.840 bits per heavy atom. The van der Waals surface area contributed by atoms with Crippen LogP contribution in [0.5, 0.6) is 0 Å². The lowest BCUT2D eigenvalue weighted by atomic mass is 10.3. The van der Waals surface area contributed by atoms with Crippen LogP contribution in [-0.4, -0.2) is 43.9 Å². The number of sulfonamides is 1. The summed E-state index contributed by atoms with van der Waals surface area (Å²) < 4.78 is 27.0. The summed E-state index contributed by atoms with van der Waals surface area (Å²) in [5, 5.41) is 1.39. The molecular weight excluding hydrogens is 428 g/mol. The van der Waals surface area contributed by atoms with Crippen molar-refractivity contribution in [3.63, 3.8) is 0 Å². The fourth-order valence-electron chi connectivity index (χ4n) is 2.65. The second-order valence-corrected chi connectivity index (χ2v) is 8.99. The molecule has 3 rings (SSSR count). The van der Waals surface area contributed by atoms with Crippen molar-refractivity contribution in [1.29, 1.82) is 0 Å². The summed E-state index contributed by atoms with van der Waals surface area (Å²) in [5.74, 6) is 0. The molecule has 134 valence electrons. The predicted molar refractivity (Wildman–Crippen MR) is 102 cm³/mol. The summed E-state index contributed by atoms with van der Waals surface area (Å²) in [5.41, 5.74) is 0.671. The van der Waals surface area contributed by atoms with Gasteiger partial charge in [0.2, 0.25) is 10.0 Å². The van der Waals surface area contributed by atoms with Crippen LogP contribution >= 0.6 is 46.4 Å². The highest BCUT2D eigenvalue weighted by Crippen LogP contribution is 2.34. The molecule has 0 spiro atoms. The van der Waals surface area contributed by atoms with Crippen molar-refractivity contribution in [3.8, 4) is 0 Å². The number of halogens is 4. The Labute approximate surface area is 166 Å². The van der Waals surface area contributed by atoms with Gasteiger partial charge in [0.15, 0.2) is 0 Å². The van der Waals surface area contributed by atoms with Crippen LogP contribution < -0.4 is 4.90 Å². The second kappa shape index (κ2) is 7.47. The Morgan fingerprint density at radius 2 is 1.44 bits per heavy atom. The van der Waals surface area contributed by atoms with E-state index >= 15 is 0 Å². The average Bonchev–Trinajstić information content (AvgIpc) is 2.57. The molecule has 0 atom stereocenters. The van der Waals surface area contributed by atoms with Gasteiger partial charge in [-0.2, -0.15) is 4.31 Å². The Kier molecular flexibility index (Phi) is 5.68. The number of pyridine rings is 1. The Morgan fingerprint density at radius 3 is 2.00 bits per heavy atom. The molecule has 25 heavy (non-hydrogen) atoms. The molecule has 0 radical (unpaired) electrons. The van der Waals surface area contributed by atoms with Crippen molar-refractivity contribution in [3.05, 3.63) is 50.7 Å². The fourth-order valence-corrected chi connectivity index (χ4v) is 5.06. The monoisotopic (exact) mass is 439 g/mol. The highest BCUT2D eigenvalue weighted by atomic mass is 35.5. The third kappa shape index (κ3) is 3.84. The van der Waals surface area contributed by atoms with Crippen molar-refractivity contribution in [2.75, 3.05) is 31.1 Å². The molecule has 1 saturated heterocycles. The SMILES string of the molecule is O=S(=O)(c1ccc(Cl)c(Cl)c1)N1CCN(c2c(Cl)cncc2Cl)CC1. The van der Waals surface area contributed by atoms with Gasteiger partial charge in [0.1, 0.15) is 0 Å². The van der Waals surface area contributed by atoms with E-state index in [0.717, 1.165) is 0 Å².